The number of anilines is 1. The highest BCUT2D eigenvalue weighted by Crippen LogP contribution is 2.43. The van der Waals surface area contributed by atoms with Gasteiger partial charge in [0.25, 0.3) is 10.0 Å². The Balaban J connectivity index is 1.68. The van der Waals surface area contributed by atoms with Crippen LogP contribution in [0.2, 0.25) is 0 Å². The number of furan rings is 1. The second-order valence-corrected chi connectivity index (χ2v) is 10.9. The molecule has 3 aromatic rings. The summed E-state index contributed by atoms with van der Waals surface area (Å²) in [5.74, 6) is 1.67. The lowest BCUT2D eigenvalue weighted by atomic mass is 9.69. The molecule has 0 bridgehead atoms. The predicted molar refractivity (Wildman–Crippen MR) is 111 cm³/mol. The second-order valence-electron chi connectivity index (χ2n) is 8.03. The molecule has 0 saturated heterocycles. The first-order valence-electron chi connectivity index (χ1n) is 9.41. The zero-order valence-electron chi connectivity index (χ0n) is 15.9. The van der Waals surface area contributed by atoms with Gasteiger partial charge in [-0.1, -0.05) is 33.3 Å². The minimum absolute atomic E-state index is 0.291. The van der Waals surface area contributed by atoms with Gasteiger partial charge in [-0.15, -0.1) is 11.3 Å². The molecular weight excluding hydrogens is 378 g/mol. The third-order valence-corrected chi connectivity index (χ3v) is 8.85. The summed E-state index contributed by atoms with van der Waals surface area (Å²) in [5, 5.41) is 2.80. The number of benzene rings is 1. The monoisotopic (exact) mass is 403 g/mol. The van der Waals surface area contributed by atoms with E-state index in [4.69, 9.17) is 4.42 Å². The molecule has 6 heteroatoms. The van der Waals surface area contributed by atoms with E-state index >= 15 is 0 Å². The molecule has 1 aliphatic carbocycles. The number of fused-ring (bicyclic) bond motifs is 3. The molecule has 0 radical (unpaired) electrons. The molecule has 1 aliphatic rings. The van der Waals surface area contributed by atoms with E-state index in [9.17, 15) is 8.42 Å². The standard InChI is InChI=1S/C21H25NO3S2/c1-4-21(2,3)14-7-9-18-16(12-14)17-13-15(8-10-19(17)25-18)22-27(23,24)20-6-5-11-26-20/h5-6,8,10-11,13-14,22H,4,7,9,12H2,1-3H3/t14-/m1/s1. The van der Waals surface area contributed by atoms with Crippen molar-refractivity contribution in [2.75, 3.05) is 4.72 Å². The first kappa shape index (κ1) is 18.6. The van der Waals surface area contributed by atoms with E-state index in [1.165, 1.54) is 16.9 Å². The Hall–Kier alpha value is -1.79. The highest BCUT2D eigenvalue weighted by molar-refractivity contribution is 7.94. The summed E-state index contributed by atoms with van der Waals surface area (Å²) < 4.78 is 34.1. The van der Waals surface area contributed by atoms with Crippen LogP contribution in [0.15, 0.2) is 44.3 Å². The molecule has 0 aliphatic heterocycles. The number of nitrogens with one attached hydrogen (secondary N) is 1. The quantitative estimate of drug-likeness (QED) is 0.582. The van der Waals surface area contributed by atoms with Crippen molar-refractivity contribution < 1.29 is 12.8 Å². The van der Waals surface area contributed by atoms with Crippen LogP contribution in [-0.2, 0) is 22.9 Å². The lowest BCUT2D eigenvalue weighted by molar-refractivity contribution is 0.179. The van der Waals surface area contributed by atoms with Gasteiger partial charge in [-0.25, -0.2) is 8.42 Å². The number of hydrogen-bond acceptors (Lipinski definition) is 4. The molecule has 2 aromatic heterocycles. The Kier molecular flexibility index (Phi) is 4.59. The smallest absolute Gasteiger partial charge is 0.271 e. The largest absolute Gasteiger partial charge is 0.461 e. The molecule has 1 N–H and O–H groups in total. The van der Waals surface area contributed by atoms with Crippen LogP contribution in [0.25, 0.3) is 11.0 Å². The van der Waals surface area contributed by atoms with Crippen LogP contribution in [0.3, 0.4) is 0 Å². The number of hydrogen-bond donors (Lipinski definition) is 1. The highest BCUT2D eigenvalue weighted by atomic mass is 32.2. The van der Waals surface area contributed by atoms with Gasteiger partial charge in [-0.2, -0.15) is 0 Å². The van der Waals surface area contributed by atoms with Crippen molar-refractivity contribution in [1.29, 1.82) is 0 Å². The van der Waals surface area contributed by atoms with Crippen molar-refractivity contribution in [2.24, 2.45) is 11.3 Å². The molecule has 0 unspecified atom stereocenters. The fourth-order valence-corrected chi connectivity index (χ4v) is 5.96. The van der Waals surface area contributed by atoms with Crippen LogP contribution in [-0.4, -0.2) is 8.42 Å². The highest BCUT2D eigenvalue weighted by Gasteiger charge is 2.33. The maximum atomic E-state index is 12.5. The molecule has 0 fully saturated rings. The Bertz CT molecular complexity index is 1060. The Morgan fingerprint density at radius 2 is 2.11 bits per heavy atom. The van der Waals surface area contributed by atoms with E-state index in [1.54, 1.807) is 23.6 Å². The number of thiophene rings is 1. The first-order chi connectivity index (χ1) is 12.8. The van der Waals surface area contributed by atoms with E-state index in [0.717, 1.165) is 42.4 Å². The zero-order chi connectivity index (χ0) is 19.2. The number of rotatable bonds is 5. The van der Waals surface area contributed by atoms with Gasteiger partial charge in [0, 0.05) is 23.1 Å². The lowest BCUT2D eigenvalue weighted by Gasteiger charge is -2.36. The normalized spacial score (nSPS) is 17.8. The van der Waals surface area contributed by atoms with Gasteiger partial charge in [0.15, 0.2) is 0 Å². The summed E-state index contributed by atoms with van der Waals surface area (Å²) >= 11 is 1.21. The van der Waals surface area contributed by atoms with Crippen LogP contribution in [0, 0.1) is 11.3 Å². The Morgan fingerprint density at radius 3 is 2.81 bits per heavy atom. The van der Waals surface area contributed by atoms with E-state index in [1.807, 2.05) is 12.1 Å². The van der Waals surface area contributed by atoms with Crippen LogP contribution < -0.4 is 4.72 Å². The van der Waals surface area contributed by atoms with Crippen molar-refractivity contribution in [3.05, 3.63) is 47.0 Å². The van der Waals surface area contributed by atoms with Crippen molar-refractivity contribution in [1.82, 2.24) is 0 Å². The molecule has 4 nitrogen and oxygen atoms in total. The maximum Gasteiger partial charge on any atom is 0.271 e. The molecule has 1 aromatic carbocycles. The van der Waals surface area contributed by atoms with Crippen LogP contribution >= 0.6 is 11.3 Å². The zero-order valence-corrected chi connectivity index (χ0v) is 17.5. The minimum Gasteiger partial charge on any atom is -0.461 e. The summed E-state index contributed by atoms with van der Waals surface area (Å²) in [7, 11) is -3.54. The molecule has 0 amide bonds. The molecular formula is C21H25NO3S2. The van der Waals surface area contributed by atoms with Gasteiger partial charge in [0.2, 0.25) is 0 Å². The summed E-state index contributed by atoms with van der Waals surface area (Å²) in [4.78, 5) is 0. The summed E-state index contributed by atoms with van der Waals surface area (Å²) in [6.07, 6.45) is 4.23. The van der Waals surface area contributed by atoms with Gasteiger partial charge >= 0.3 is 0 Å². The van der Waals surface area contributed by atoms with Crippen molar-refractivity contribution in [2.45, 2.75) is 50.7 Å². The number of aryl methyl sites for hydroxylation is 1. The fourth-order valence-electron chi connectivity index (χ4n) is 3.92. The number of sulfonamides is 1. The van der Waals surface area contributed by atoms with E-state index in [-0.39, 0.29) is 0 Å². The van der Waals surface area contributed by atoms with E-state index < -0.39 is 10.0 Å². The topological polar surface area (TPSA) is 59.3 Å². The van der Waals surface area contributed by atoms with Gasteiger partial charge in [0.1, 0.15) is 15.6 Å². The summed E-state index contributed by atoms with van der Waals surface area (Å²) in [6.45, 7) is 6.93. The predicted octanol–water partition coefficient (Wildman–Crippen LogP) is 5.84. The molecule has 144 valence electrons. The average Bonchev–Trinajstić information content (AvgIpc) is 3.29. The summed E-state index contributed by atoms with van der Waals surface area (Å²) in [5.41, 5.74) is 2.96. The first-order valence-corrected chi connectivity index (χ1v) is 11.8. The van der Waals surface area contributed by atoms with Gasteiger partial charge < -0.3 is 4.42 Å². The third kappa shape index (κ3) is 3.41. The van der Waals surface area contributed by atoms with Gasteiger partial charge in [0.05, 0.1) is 0 Å². The molecule has 27 heavy (non-hydrogen) atoms. The van der Waals surface area contributed by atoms with Gasteiger partial charge in [-0.05, 0) is 53.8 Å². The minimum atomic E-state index is -3.54. The van der Waals surface area contributed by atoms with Crippen LogP contribution in [0.4, 0.5) is 5.69 Å². The van der Waals surface area contributed by atoms with Gasteiger partial charge in [-0.3, -0.25) is 4.72 Å². The van der Waals surface area contributed by atoms with Crippen molar-refractivity contribution in [3.63, 3.8) is 0 Å². The maximum absolute atomic E-state index is 12.5. The SMILES string of the molecule is CCC(C)(C)[C@@H]1CCc2oc3ccc(NS(=O)(=O)c4cccs4)cc3c2C1. The van der Waals surface area contributed by atoms with Crippen LogP contribution in [0.5, 0.6) is 0 Å². The van der Waals surface area contributed by atoms with Crippen molar-refractivity contribution in [3.8, 4) is 0 Å². The average molecular weight is 404 g/mol. The molecule has 0 spiro atoms. The molecule has 2 heterocycles. The lowest BCUT2D eigenvalue weighted by Crippen LogP contribution is -2.28. The second kappa shape index (κ2) is 6.67. The fraction of sp³-hybridized carbons (Fsp3) is 0.429. The Labute approximate surface area is 164 Å². The molecule has 0 saturated carbocycles. The molecule has 1 atom stereocenters. The van der Waals surface area contributed by atoms with Crippen LogP contribution in [0.1, 0.15) is 44.9 Å². The molecule has 4 rings (SSSR count). The summed E-state index contributed by atoms with van der Waals surface area (Å²) in [6, 6.07) is 8.92. The van der Waals surface area contributed by atoms with E-state index in [2.05, 4.69) is 25.5 Å². The Morgan fingerprint density at radius 1 is 1.30 bits per heavy atom. The van der Waals surface area contributed by atoms with Crippen molar-refractivity contribution >= 4 is 38.0 Å². The van der Waals surface area contributed by atoms with E-state index in [0.29, 0.717) is 21.2 Å². The third-order valence-electron chi connectivity index (χ3n) is 6.07.